The minimum atomic E-state index is -3.49. The maximum Gasteiger partial charge on any atom is 0.315 e. The fourth-order valence-corrected chi connectivity index (χ4v) is 5.46. The van der Waals surface area contributed by atoms with E-state index in [1.807, 2.05) is 48.7 Å². The average Bonchev–Trinajstić information content (AvgIpc) is 3.27. The summed E-state index contributed by atoms with van der Waals surface area (Å²) in [4.78, 5) is 21.8. The van der Waals surface area contributed by atoms with Gasteiger partial charge in [0.25, 0.3) is 0 Å². The summed E-state index contributed by atoms with van der Waals surface area (Å²) in [6.45, 7) is 1.64. The van der Waals surface area contributed by atoms with Crippen LogP contribution in [0.5, 0.6) is 0 Å². The quantitative estimate of drug-likeness (QED) is 0.356. The van der Waals surface area contributed by atoms with Gasteiger partial charge in [0.15, 0.2) is 0 Å². The number of aromatic amines is 1. The van der Waals surface area contributed by atoms with Crippen LogP contribution in [0.25, 0.3) is 10.9 Å². The zero-order valence-electron chi connectivity index (χ0n) is 18.9. The van der Waals surface area contributed by atoms with Crippen LogP contribution in [0.1, 0.15) is 5.56 Å². The molecule has 3 aromatic rings. The largest absolute Gasteiger partial charge is 0.394 e. The Morgan fingerprint density at radius 2 is 1.88 bits per heavy atom. The molecule has 2 amide bonds. The molecular weight excluding hydrogens is 456 g/mol. The van der Waals surface area contributed by atoms with Gasteiger partial charge in [-0.15, -0.1) is 0 Å². The van der Waals surface area contributed by atoms with Crippen LogP contribution in [0.2, 0.25) is 0 Å². The predicted molar refractivity (Wildman–Crippen MR) is 131 cm³/mol. The van der Waals surface area contributed by atoms with Crippen LogP contribution in [0.4, 0.5) is 10.6 Å². The number of rotatable bonds is 9. The molecule has 1 unspecified atom stereocenters. The molecule has 2 aromatic heterocycles. The van der Waals surface area contributed by atoms with Crippen LogP contribution < -0.4 is 15.5 Å². The Labute approximate surface area is 199 Å². The minimum absolute atomic E-state index is 0.0140. The van der Waals surface area contributed by atoms with Gasteiger partial charge in [0.1, 0.15) is 5.82 Å². The Morgan fingerprint density at radius 3 is 2.62 bits per heavy atom. The number of anilines is 1. The summed E-state index contributed by atoms with van der Waals surface area (Å²) < 4.78 is 26.9. The fourth-order valence-electron chi connectivity index (χ4n) is 4.12. The third kappa shape index (κ3) is 5.85. The van der Waals surface area contributed by atoms with Gasteiger partial charge in [0.2, 0.25) is 10.0 Å². The van der Waals surface area contributed by atoms with E-state index in [2.05, 4.69) is 25.5 Å². The van der Waals surface area contributed by atoms with E-state index >= 15 is 0 Å². The molecule has 0 bridgehead atoms. The van der Waals surface area contributed by atoms with Crippen molar-refractivity contribution in [2.75, 3.05) is 50.0 Å². The summed E-state index contributed by atoms with van der Waals surface area (Å²) in [5.41, 5.74) is 1.98. The molecule has 1 fully saturated rings. The molecule has 0 aliphatic carbocycles. The topological polar surface area (TPSA) is 131 Å². The number of sulfonamides is 1. The zero-order chi connectivity index (χ0) is 24.0. The fraction of sp³-hybridized carbons (Fsp3) is 0.391. The third-order valence-corrected chi connectivity index (χ3v) is 7.82. The second-order valence-corrected chi connectivity index (χ2v) is 10.3. The number of urea groups is 1. The van der Waals surface area contributed by atoms with E-state index in [0.29, 0.717) is 32.6 Å². The van der Waals surface area contributed by atoms with E-state index in [1.165, 1.54) is 4.31 Å². The van der Waals surface area contributed by atoms with Crippen molar-refractivity contribution in [1.82, 2.24) is 24.9 Å². The Hall–Kier alpha value is -3.15. The number of amides is 2. The van der Waals surface area contributed by atoms with Crippen LogP contribution >= 0.6 is 0 Å². The number of aliphatic hydroxyl groups excluding tert-OH is 1. The number of nitrogens with one attached hydrogen (secondary N) is 3. The van der Waals surface area contributed by atoms with E-state index < -0.39 is 22.1 Å². The lowest BCUT2D eigenvalue weighted by Crippen LogP contribution is -2.51. The molecule has 3 heterocycles. The van der Waals surface area contributed by atoms with Crippen LogP contribution in [-0.4, -0.2) is 85.0 Å². The molecule has 10 nitrogen and oxygen atoms in total. The lowest BCUT2D eigenvalue weighted by Gasteiger charge is -2.34. The summed E-state index contributed by atoms with van der Waals surface area (Å²) >= 11 is 0. The number of para-hydroxylation sites is 1. The molecular formula is C23H30N6O4S. The number of aromatic nitrogens is 2. The van der Waals surface area contributed by atoms with Gasteiger partial charge in [0, 0.05) is 56.0 Å². The lowest BCUT2D eigenvalue weighted by atomic mass is 10.1. The molecule has 0 radical (unpaired) electrons. The van der Waals surface area contributed by atoms with Gasteiger partial charge in [-0.1, -0.05) is 24.3 Å². The average molecular weight is 487 g/mol. The Kier molecular flexibility index (Phi) is 7.66. The zero-order valence-corrected chi connectivity index (χ0v) is 19.7. The van der Waals surface area contributed by atoms with Gasteiger partial charge in [0.05, 0.1) is 18.4 Å². The monoisotopic (exact) mass is 486 g/mol. The van der Waals surface area contributed by atoms with Crippen molar-refractivity contribution in [3.05, 3.63) is 60.4 Å². The van der Waals surface area contributed by atoms with Crippen LogP contribution in [-0.2, 0) is 16.4 Å². The standard InChI is InChI=1S/C23H30N6O4S/c30-17-19(15-18-16-26-21-6-2-1-5-20(18)21)27-23(31)25-9-14-34(32,33)29-12-10-28(11-13-29)22-7-3-4-8-24-22/h1-8,16,19,26,30H,9-15,17H2,(H2,25,27,31). The maximum atomic E-state index is 12.7. The Morgan fingerprint density at radius 1 is 1.12 bits per heavy atom. The van der Waals surface area contributed by atoms with E-state index in [4.69, 9.17) is 0 Å². The molecule has 11 heteroatoms. The van der Waals surface area contributed by atoms with Crippen molar-refractivity contribution in [3.8, 4) is 0 Å². The Bertz CT molecular complexity index is 1190. The van der Waals surface area contributed by atoms with Crippen LogP contribution in [0.15, 0.2) is 54.9 Å². The molecule has 4 rings (SSSR count). The summed E-state index contributed by atoms with van der Waals surface area (Å²) in [6.07, 6.45) is 4.04. The van der Waals surface area contributed by atoms with Crippen molar-refractivity contribution in [2.24, 2.45) is 0 Å². The molecule has 1 aliphatic rings. The molecule has 182 valence electrons. The number of benzene rings is 1. The number of fused-ring (bicyclic) bond motifs is 1. The number of aliphatic hydroxyl groups is 1. The number of H-pyrrole nitrogens is 1. The number of carbonyl (C=O) groups excluding carboxylic acids is 1. The van der Waals surface area contributed by atoms with Crippen molar-refractivity contribution in [1.29, 1.82) is 0 Å². The summed E-state index contributed by atoms with van der Waals surface area (Å²) in [5.74, 6) is 0.653. The number of hydrogen-bond donors (Lipinski definition) is 4. The first-order chi connectivity index (χ1) is 16.5. The lowest BCUT2D eigenvalue weighted by molar-refractivity contribution is 0.216. The first kappa shape index (κ1) is 24.0. The van der Waals surface area contributed by atoms with Crippen molar-refractivity contribution >= 4 is 32.8 Å². The van der Waals surface area contributed by atoms with Crippen molar-refractivity contribution < 1.29 is 18.3 Å². The van der Waals surface area contributed by atoms with E-state index in [1.54, 1.807) is 6.20 Å². The molecule has 1 atom stereocenters. The number of hydrogen-bond acceptors (Lipinski definition) is 6. The van der Waals surface area contributed by atoms with Gasteiger partial charge >= 0.3 is 6.03 Å². The molecule has 4 N–H and O–H groups in total. The molecule has 1 saturated heterocycles. The molecule has 1 aliphatic heterocycles. The second kappa shape index (κ2) is 10.9. The third-order valence-electron chi connectivity index (χ3n) is 5.95. The number of nitrogens with zero attached hydrogens (tertiary/aromatic N) is 3. The number of pyridine rings is 1. The first-order valence-electron chi connectivity index (χ1n) is 11.3. The first-order valence-corrected chi connectivity index (χ1v) is 12.9. The van der Waals surface area contributed by atoms with Gasteiger partial charge in [-0.2, -0.15) is 4.31 Å². The SMILES string of the molecule is O=C(NCCS(=O)(=O)N1CCN(c2ccccn2)CC1)NC(CO)Cc1c[nH]c2ccccc12. The van der Waals surface area contributed by atoms with Gasteiger partial charge in [-0.3, -0.25) is 0 Å². The highest BCUT2D eigenvalue weighted by Gasteiger charge is 2.27. The molecule has 1 aromatic carbocycles. The van der Waals surface area contributed by atoms with Crippen molar-refractivity contribution in [2.45, 2.75) is 12.5 Å². The minimum Gasteiger partial charge on any atom is -0.394 e. The van der Waals surface area contributed by atoms with Crippen LogP contribution in [0, 0.1) is 0 Å². The maximum absolute atomic E-state index is 12.7. The second-order valence-electron chi connectivity index (χ2n) is 8.23. The number of piperazine rings is 1. The predicted octanol–water partition coefficient (Wildman–Crippen LogP) is 0.918. The van der Waals surface area contributed by atoms with Crippen molar-refractivity contribution in [3.63, 3.8) is 0 Å². The number of carbonyl (C=O) groups is 1. The van der Waals surface area contributed by atoms with Gasteiger partial charge in [-0.25, -0.2) is 18.2 Å². The van der Waals surface area contributed by atoms with Gasteiger partial charge in [-0.05, 0) is 30.2 Å². The highest BCUT2D eigenvalue weighted by molar-refractivity contribution is 7.89. The van der Waals surface area contributed by atoms with Gasteiger partial charge < -0.3 is 25.6 Å². The summed E-state index contributed by atoms with van der Waals surface area (Å²) in [7, 11) is -3.49. The summed E-state index contributed by atoms with van der Waals surface area (Å²) in [5, 5.41) is 16.1. The normalized spacial score (nSPS) is 15.9. The van der Waals surface area contributed by atoms with Crippen LogP contribution in [0.3, 0.4) is 0 Å². The highest BCUT2D eigenvalue weighted by atomic mass is 32.2. The Balaban J connectivity index is 1.22. The molecule has 0 spiro atoms. The molecule has 0 saturated carbocycles. The summed E-state index contributed by atoms with van der Waals surface area (Å²) in [6, 6.07) is 12.5. The van der Waals surface area contributed by atoms with E-state index in [0.717, 1.165) is 22.3 Å². The van der Waals surface area contributed by atoms with E-state index in [-0.39, 0.29) is 18.9 Å². The molecule has 34 heavy (non-hydrogen) atoms. The smallest absolute Gasteiger partial charge is 0.315 e. The highest BCUT2D eigenvalue weighted by Crippen LogP contribution is 2.19. The van der Waals surface area contributed by atoms with E-state index in [9.17, 15) is 18.3 Å².